The highest BCUT2D eigenvalue weighted by atomic mass is 32.2. The van der Waals surface area contributed by atoms with Crippen molar-refractivity contribution in [3.05, 3.63) is 48.0 Å². The van der Waals surface area contributed by atoms with Gasteiger partial charge in [-0.2, -0.15) is 0 Å². The van der Waals surface area contributed by atoms with E-state index in [9.17, 15) is 8.42 Å². The topological polar surface area (TPSA) is 70.7 Å². The van der Waals surface area contributed by atoms with Crippen LogP contribution in [0.5, 0.6) is 5.75 Å². The summed E-state index contributed by atoms with van der Waals surface area (Å²) in [6.07, 6.45) is 0. The number of sulfonamides is 1. The molecule has 0 unspecified atom stereocenters. The van der Waals surface area contributed by atoms with Crippen LogP contribution in [0.1, 0.15) is 26.3 Å². The van der Waals surface area contributed by atoms with Gasteiger partial charge in [0.2, 0.25) is 0 Å². The van der Waals surface area contributed by atoms with Gasteiger partial charge in [0.25, 0.3) is 10.0 Å². The summed E-state index contributed by atoms with van der Waals surface area (Å²) in [6.45, 7) is 9.78. The molecule has 1 fully saturated rings. The number of methoxy groups -OCH3 is 1. The summed E-state index contributed by atoms with van der Waals surface area (Å²) in [4.78, 5) is 2.45. The molecular formula is C21H29N3O3S. The Kier molecular flexibility index (Phi) is 5.86. The average molecular weight is 404 g/mol. The molecule has 3 rings (SSSR count). The van der Waals surface area contributed by atoms with Crippen molar-refractivity contribution in [1.82, 2.24) is 5.32 Å². The molecule has 2 aromatic carbocycles. The van der Waals surface area contributed by atoms with Crippen LogP contribution in [0.3, 0.4) is 0 Å². The Labute approximate surface area is 168 Å². The molecular weight excluding hydrogens is 374 g/mol. The second kappa shape index (κ2) is 8.01. The Morgan fingerprint density at radius 3 is 2.25 bits per heavy atom. The zero-order valence-corrected chi connectivity index (χ0v) is 17.8. The van der Waals surface area contributed by atoms with Crippen LogP contribution in [0.2, 0.25) is 0 Å². The number of piperazine rings is 1. The third-order valence-electron chi connectivity index (χ3n) is 4.92. The van der Waals surface area contributed by atoms with E-state index in [1.165, 1.54) is 0 Å². The Morgan fingerprint density at radius 1 is 1.04 bits per heavy atom. The number of ether oxygens (including phenoxy) is 1. The summed E-state index contributed by atoms with van der Waals surface area (Å²) in [5.41, 5.74) is 2.49. The van der Waals surface area contributed by atoms with Crippen molar-refractivity contribution in [3.8, 4) is 5.75 Å². The van der Waals surface area contributed by atoms with Crippen LogP contribution in [0.4, 0.5) is 11.4 Å². The summed E-state index contributed by atoms with van der Waals surface area (Å²) in [5.74, 6) is 0.736. The van der Waals surface area contributed by atoms with Gasteiger partial charge in [-0.05, 0) is 41.3 Å². The molecule has 0 bridgehead atoms. The monoisotopic (exact) mass is 403 g/mol. The normalized spacial score (nSPS) is 15.4. The lowest BCUT2D eigenvalue weighted by atomic mass is 9.87. The van der Waals surface area contributed by atoms with E-state index in [-0.39, 0.29) is 10.3 Å². The van der Waals surface area contributed by atoms with E-state index < -0.39 is 10.0 Å². The zero-order chi connectivity index (χ0) is 20.4. The minimum atomic E-state index is -3.66. The van der Waals surface area contributed by atoms with Crippen LogP contribution in [-0.2, 0) is 15.4 Å². The first-order valence-corrected chi connectivity index (χ1v) is 11.0. The molecule has 1 saturated heterocycles. The van der Waals surface area contributed by atoms with E-state index in [1.54, 1.807) is 31.4 Å². The van der Waals surface area contributed by atoms with Crippen molar-refractivity contribution in [2.24, 2.45) is 0 Å². The van der Waals surface area contributed by atoms with Crippen molar-refractivity contribution < 1.29 is 13.2 Å². The molecule has 0 spiro atoms. The lowest BCUT2D eigenvalue weighted by molar-refractivity contribution is 0.413. The Morgan fingerprint density at radius 2 is 1.68 bits per heavy atom. The molecule has 28 heavy (non-hydrogen) atoms. The predicted molar refractivity (Wildman–Crippen MR) is 114 cm³/mol. The Balaban J connectivity index is 1.85. The minimum Gasteiger partial charge on any atom is -0.495 e. The third kappa shape index (κ3) is 4.59. The van der Waals surface area contributed by atoms with Gasteiger partial charge < -0.3 is 15.0 Å². The lowest BCUT2D eigenvalue weighted by Crippen LogP contribution is -2.43. The molecule has 0 atom stereocenters. The van der Waals surface area contributed by atoms with Gasteiger partial charge in [0.15, 0.2) is 0 Å². The number of anilines is 2. The van der Waals surface area contributed by atoms with Gasteiger partial charge in [0.05, 0.1) is 23.4 Å². The van der Waals surface area contributed by atoms with Crippen LogP contribution in [0, 0.1) is 0 Å². The van der Waals surface area contributed by atoms with Gasteiger partial charge in [-0.1, -0.05) is 32.9 Å². The molecule has 0 aliphatic carbocycles. The molecule has 0 saturated carbocycles. The fraction of sp³-hybridized carbons (Fsp3) is 0.429. The first-order chi connectivity index (χ1) is 13.2. The SMILES string of the molecule is COc1ccc(NS(=O)(=O)c2ccc(C(C)(C)C)cc2)cc1N1CCNCC1. The fourth-order valence-electron chi connectivity index (χ4n) is 3.25. The van der Waals surface area contributed by atoms with E-state index in [4.69, 9.17) is 4.74 Å². The molecule has 6 nitrogen and oxygen atoms in total. The highest BCUT2D eigenvalue weighted by Gasteiger charge is 2.20. The number of hydrogen-bond acceptors (Lipinski definition) is 5. The highest BCUT2D eigenvalue weighted by Crippen LogP contribution is 2.32. The molecule has 152 valence electrons. The number of nitrogens with zero attached hydrogens (tertiary/aromatic N) is 1. The molecule has 7 heteroatoms. The van der Waals surface area contributed by atoms with Crippen molar-refractivity contribution in [3.63, 3.8) is 0 Å². The molecule has 1 heterocycles. The molecule has 2 N–H and O–H groups in total. The van der Waals surface area contributed by atoms with Crippen molar-refractivity contribution >= 4 is 21.4 Å². The average Bonchev–Trinajstić information content (AvgIpc) is 2.68. The van der Waals surface area contributed by atoms with Crippen molar-refractivity contribution in [1.29, 1.82) is 0 Å². The Hall–Kier alpha value is -2.25. The number of nitrogens with one attached hydrogen (secondary N) is 2. The van der Waals surface area contributed by atoms with Gasteiger partial charge in [-0.3, -0.25) is 4.72 Å². The molecule has 1 aliphatic rings. The minimum absolute atomic E-state index is 0.0239. The maximum Gasteiger partial charge on any atom is 0.261 e. The van der Waals surface area contributed by atoms with E-state index in [2.05, 4.69) is 35.7 Å². The summed E-state index contributed by atoms with van der Waals surface area (Å²) in [6, 6.07) is 12.4. The standard InChI is InChI=1S/C21H29N3O3S/c1-21(2,3)16-5-8-18(9-6-16)28(25,26)23-17-7-10-20(27-4)19(15-17)24-13-11-22-12-14-24/h5-10,15,22-23H,11-14H2,1-4H3. The van der Waals surface area contributed by atoms with Gasteiger partial charge in [-0.15, -0.1) is 0 Å². The van der Waals surface area contributed by atoms with Crippen LogP contribution in [-0.4, -0.2) is 41.7 Å². The maximum atomic E-state index is 12.8. The number of benzene rings is 2. The lowest BCUT2D eigenvalue weighted by Gasteiger charge is -2.31. The van der Waals surface area contributed by atoms with Crippen LogP contribution in [0.25, 0.3) is 0 Å². The quantitative estimate of drug-likeness (QED) is 0.802. The first-order valence-electron chi connectivity index (χ1n) is 9.48. The molecule has 2 aromatic rings. The number of rotatable bonds is 5. The van der Waals surface area contributed by atoms with Crippen LogP contribution >= 0.6 is 0 Å². The fourth-order valence-corrected chi connectivity index (χ4v) is 4.30. The zero-order valence-electron chi connectivity index (χ0n) is 17.0. The van der Waals surface area contributed by atoms with Crippen LogP contribution in [0.15, 0.2) is 47.4 Å². The second-order valence-electron chi connectivity index (χ2n) is 8.00. The smallest absolute Gasteiger partial charge is 0.261 e. The van der Waals surface area contributed by atoms with E-state index in [1.807, 2.05) is 18.2 Å². The summed E-state index contributed by atoms with van der Waals surface area (Å²) >= 11 is 0. The first kappa shape index (κ1) is 20.5. The maximum absolute atomic E-state index is 12.8. The van der Waals surface area contributed by atoms with E-state index >= 15 is 0 Å². The van der Waals surface area contributed by atoms with Gasteiger partial charge in [0, 0.05) is 26.2 Å². The van der Waals surface area contributed by atoms with Crippen molar-refractivity contribution in [2.75, 3.05) is 42.9 Å². The second-order valence-corrected chi connectivity index (χ2v) is 9.69. The molecule has 0 amide bonds. The number of hydrogen-bond donors (Lipinski definition) is 2. The van der Waals surface area contributed by atoms with Gasteiger partial charge >= 0.3 is 0 Å². The molecule has 0 radical (unpaired) electrons. The third-order valence-corrected chi connectivity index (χ3v) is 6.32. The highest BCUT2D eigenvalue weighted by molar-refractivity contribution is 7.92. The van der Waals surface area contributed by atoms with Crippen LogP contribution < -0.4 is 19.7 Å². The van der Waals surface area contributed by atoms with E-state index in [0.29, 0.717) is 5.69 Å². The molecule has 1 aliphatic heterocycles. The van der Waals surface area contributed by atoms with Gasteiger partial charge in [-0.25, -0.2) is 8.42 Å². The predicted octanol–water partition coefficient (Wildman–Crippen LogP) is 3.20. The summed E-state index contributed by atoms with van der Waals surface area (Å²) in [5, 5.41) is 3.32. The summed E-state index contributed by atoms with van der Waals surface area (Å²) in [7, 11) is -2.04. The van der Waals surface area contributed by atoms with Crippen molar-refractivity contribution in [2.45, 2.75) is 31.1 Å². The van der Waals surface area contributed by atoms with Gasteiger partial charge in [0.1, 0.15) is 5.75 Å². The molecule has 0 aromatic heterocycles. The van der Waals surface area contributed by atoms with E-state index in [0.717, 1.165) is 43.2 Å². The summed E-state index contributed by atoms with van der Waals surface area (Å²) < 4.78 is 33.8. The Bertz CT molecular complexity index is 913. The largest absolute Gasteiger partial charge is 0.495 e.